The third-order valence-corrected chi connectivity index (χ3v) is 1.18. The van der Waals surface area contributed by atoms with Crippen molar-refractivity contribution in [3.8, 4) is 0 Å². The summed E-state index contributed by atoms with van der Waals surface area (Å²) < 4.78 is 4.97. The van der Waals surface area contributed by atoms with E-state index >= 15 is 0 Å². The van der Waals surface area contributed by atoms with Gasteiger partial charge >= 0.3 is 6.09 Å². The molecule has 0 radical (unpaired) electrons. The highest BCUT2D eigenvalue weighted by Crippen LogP contribution is 2.06. The first kappa shape index (κ1) is 11.5. The molecule has 0 unspecified atom stereocenters. The van der Waals surface area contributed by atoms with Gasteiger partial charge in [-0.25, -0.2) is 4.79 Å². The van der Waals surface area contributed by atoms with E-state index in [9.17, 15) is 4.79 Å². The van der Waals surface area contributed by atoms with E-state index < -0.39 is 11.7 Å². The van der Waals surface area contributed by atoms with Crippen LogP contribution in [0.3, 0.4) is 0 Å². The first-order valence-corrected chi connectivity index (χ1v) is 4.78. The Labute approximate surface area is 81.3 Å². The van der Waals surface area contributed by atoms with E-state index in [-0.39, 0.29) is 0 Å². The Hall–Kier alpha value is -0.510. The normalized spacial score (nSPS) is 11.7. The molecule has 0 atom stereocenters. The molecule has 0 saturated carbocycles. The highest BCUT2D eigenvalue weighted by Gasteiger charge is 2.14. The van der Waals surface area contributed by atoms with Crippen LogP contribution in [0.15, 0.2) is 12.3 Å². The number of hydrogen-bond acceptors (Lipinski definition) is 2. The maximum Gasteiger partial charge on any atom is 0.411 e. The van der Waals surface area contributed by atoms with E-state index in [1.165, 1.54) is 0 Å². The van der Waals surface area contributed by atoms with Crippen molar-refractivity contribution in [3.05, 3.63) is 12.3 Å². The minimum atomic E-state index is -0.438. The standard InChI is InChI=1S/C8H14BrNO2/c1-8(2,3)12-7(11)10-6-4-5-9/h4,6H,5H2,1-3H3,(H,10,11). The molecule has 0 aromatic carbocycles. The number of nitrogens with one attached hydrogen (secondary N) is 1. The smallest absolute Gasteiger partial charge is 0.411 e. The second-order valence-electron chi connectivity index (χ2n) is 3.20. The third kappa shape index (κ3) is 7.60. The van der Waals surface area contributed by atoms with Crippen LogP contribution in [0.1, 0.15) is 20.8 Å². The van der Waals surface area contributed by atoms with Crippen LogP contribution in [0, 0.1) is 0 Å². The molecule has 0 fully saturated rings. The van der Waals surface area contributed by atoms with Crippen molar-refractivity contribution in [3.63, 3.8) is 0 Å². The van der Waals surface area contributed by atoms with Crippen LogP contribution in [-0.2, 0) is 4.74 Å². The van der Waals surface area contributed by atoms with Gasteiger partial charge in [-0.15, -0.1) is 0 Å². The molecule has 4 heteroatoms. The number of carbonyl (C=O) groups excluding carboxylic acids is 1. The Bertz CT molecular complexity index is 172. The molecule has 0 saturated heterocycles. The summed E-state index contributed by atoms with van der Waals surface area (Å²) in [5, 5.41) is 3.18. The lowest BCUT2D eigenvalue weighted by atomic mass is 10.2. The predicted molar refractivity (Wildman–Crippen MR) is 52.3 cm³/mol. The number of allylic oxidation sites excluding steroid dienone is 1. The molecule has 0 aliphatic rings. The summed E-state index contributed by atoms with van der Waals surface area (Å²) in [6.45, 7) is 5.46. The molecular weight excluding hydrogens is 222 g/mol. The Morgan fingerprint density at radius 3 is 2.58 bits per heavy atom. The Kier molecular flexibility index (Phi) is 4.97. The average molecular weight is 236 g/mol. The van der Waals surface area contributed by atoms with Crippen molar-refractivity contribution < 1.29 is 9.53 Å². The van der Waals surface area contributed by atoms with Crippen LogP contribution in [0.2, 0.25) is 0 Å². The van der Waals surface area contributed by atoms with Crippen molar-refractivity contribution in [1.29, 1.82) is 0 Å². The molecule has 3 nitrogen and oxygen atoms in total. The Morgan fingerprint density at radius 1 is 1.58 bits per heavy atom. The molecule has 12 heavy (non-hydrogen) atoms. The second kappa shape index (κ2) is 5.19. The van der Waals surface area contributed by atoms with Crippen LogP contribution in [0.5, 0.6) is 0 Å². The van der Waals surface area contributed by atoms with Crippen LogP contribution < -0.4 is 5.32 Å². The number of rotatable bonds is 2. The fourth-order valence-corrected chi connectivity index (χ4v) is 0.666. The lowest BCUT2D eigenvalue weighted by Gasteiger charge is -2.18. The van der Waals surface area contributed by atoms with Gasteiger partial charge in [-0.2, -0.15) is 0 Å². The zero-order chi connectivity index (χ0) is 9.61. The van der Waals surface area contributed by atoms with Crippen molar-refractivity contribution in [1.82, 2.24) is 5.32 Å². The summed E-state index contributed by atoms with van der Waals surface area (Å²) >= 11 is 3.18. The molecule has 0 bridgehead atoms. The number of ether oxygens (including phenoxy) is 1. The number of halogens is 1. The van der Waals surface area contributed by atoms with Gasteiger partial charge in [-0.05, 0) is 20.8 Å². The summed E-state index contributed by atoms with van der Waals surface area (Å²) in [6.07, 6.45) is 2.88. The SMILES string of the molecule is CC(C)(C)OC(=O)NC=CCBr. The van der Waals surface area contributed by atoms with Gasteiger partial charge in [0, 0.05) is 11.5 Å². The zero-order valence-electron chi connectivity index (χ0n) is 7.56. The van der Waals surface area contributed by atoms with E-state index in [2.05, 4.69) is 21.2 Å². The summed E-state index contributed by atoms with van der Waals surface area (Å²) in [6, 6.07) is 0. The summed E-state index contributed by atoms with van der Waals surface area (Å²) in [5.41, 5.74) is -0.438. The number of carbonyl (C=O) groups is 1. The van der Waals surface area contributed by atoms with E-state index in [0.29, 0.717) is 5.33 Å². The fraction of sp³-hybridized carbons (Fsp3) is 0.625. The molecule has 0 aromatic rings. The molecule has 1 amide bonds. The van der Waals surface area contributed by atoms with Gasteiger partial charge in [0.15, 0.2) is 0 Å². The molecular formula is C8H14BrNO2. The van der Waals surface area contributed by atoms with Crippen molar-refractivity contribution >= 4 is 22.0 Å². The van der Waals surface area contributed by atoms with Crippen molar-refractivity contribution in [2.24, 2.45) is 0 Å². The molecule has 0 spiro atoms. The maximum atomic E-state index is 10.9. The van der Waals surface area contributed by atoms with E-state index in [1.54, 1.807) is 12.3 Å². The number of amides is 1. The topological polar surface area (TPSA) is 38.3 Å². The van der Waals surface area contributed by atoms with Crippen molar-refractivity contribution in [2.45, 2.75) is 26.4 Å². The van der Waals surface area contributed by atoms with Gasteiger partial charge in [-0.3, -0.25) is 5.32 Å². The van der Waals surface area contributed by atoms with Gasteiger partial charge in [0.25, 0.3) is 0 Å². The largest absolute Gasteiger partial charge is 0.444 e. The maximum absolute atomic E-state index is 10.9. The van der Waals surface area contributed by atoms with Crippen LogP contribution >= 0.6 is 15.9 Å². The van der Waals surface area contributed by atoms with Gasteiger partial charge < -0.3 is 4.74 Å². The Balaban J connectivity index is 3.68. The summed E-state index contributed by atoms with van der Waals surface area (Å²) in [5.74, 6) is 0. The zero-order valence-corrected chi connectivity index (χ0v) is 9.14. The average Bonchev–Trinajstić information content (AvgIpc) is 1.84. The van der Waals surface area contributed by atoms with Gasteiger partial charge in [0.2, 0.25) is 0 Å². The summed E-state index contributed by atoms with van der Waals surface area (Å²) in [7, 11) is 0. The minimum Gasteiger partial charge on any atom is -0.444 e. The Morgan fingerprint density at radius 2 is 2.17 bits per heavy atom. The predicted octanol–water partition coefficient (Wildman–Crippen LogP) is 2.42. The minimum absolute atomic E-state index is 0.431. The van der Waals surface area contributed by atoms with Gasteiger partial charge in [0.05, 0.1) is 0 Å². The first-order valence-electron chi connectivity index (χ1n) is 3.66. The van der Waals surface area contributed by atoms with Gasteiger partial charge in [-0.1, -0.05) is 22.0 Å². The molecule has 0 heterocycles. The highest BCUT2D eigenvalue weighted by atomic mass is 79.9. The highest BCUT2D eigenvalue weighted by molar-refractivity contribution is 9.09. The third-order valence-electron chi connectivity index (χ3n) is 0.807. The molecule has 0 aromatic heterocycles. The molecule has 0 rings (SSSR count). The fourth-order valence-electron chi connectivity index (χ4n) is 0.479. The van der Waals surface area contributed by atoms with E-state index in [1.807, 2.05) is 20.8 Å². The quantitative estimate of drug-likeness (QED) is 0.747. The van der Waals surface area contributed by atoms with Crippen molar-refractivity contribution in [2.75, 3.05) is 5.33 Å². The summed E-state index contributed by atoms with van der Waals surface area (Å²) in [4.78, 5) is 10.9. The van der Waals surface area contributed by atoms with Crippen LogP contribution in [0.25, 0.3) is 0 Å². The number of alkyl halides is 1. The number of alkyl carbamates (subject to hydrolysis) is 1. The lowest BCUT2D eigenvalue weighted by Crippen LogP contribution is -2.29. The molecule has 70 valence electrons. The van der Waals surface area contributed by atoms with Crippen LogP contribution in [0.4, 0.5) is 4.79 Å². The molecule has 1 N–H and O–H groups in total. The second-order valence-corrected chi connectivity index (χ2v) is 3.85. The lowest BCUT2D eigenvalue weighted by molar-refractivity contribution is 0.0552. The van der Waals surface area contributed by atoms with E-state index in [4.69, 9.17) is 4.74 Å². The monoisotopic (exact) mass is 235 g/mol. The van der Waals surface area contributed by atoms with Crippen LogP contribution in [-0.4, -0.2) is 17.0 Å². The van der Waals surface area contributed by atoms with E-state index in [0.717, 1.165) is 0 Å². The molecule has 0 aliphatic carbocycles. The van der Waals surface area contributed by atoms with Gasteiger partial charge in [0.1, 0.15) is 5.60 Å². The molecule has 0 aliphatic heterocycles. The first-order chi connectivity index (χ1) is 5.45. The number of hydrogen-bond donors (Lipinski definition) is 1.